The summed E-state index contributed by atoms with van der Waals surface area (Å²) in [6, 6.07) is 6.15. The van der Waals surface area contributed by atoms with E-state index in [9.17, 15) is 0 Å². The van der Waals surface area contributed by atoms with Crippen LogP contribution in [0, 0.1) is 6.92 Å². The number of rotatable bonds is 2. The second-order valence-corrected chi connectivity index (χ2v) is 4.46. The lowest BCUT2D eigenvalue weighted by Crippen LogP contribution is -2.29. The quantitative estimate of drug-likeness (QED) is 0.828. The highest BCUT2D eigenvalue weighted by Gasteiger charge is 2.16. The molecule has 0 amide bonds. The molecule has 0 saturated carbocycles. The van der Waals surface area contributed by atoms with Gasteiger partial charge in [0, 0.05) is 12.5 Å². The van der Waals surface area contributed by atoms with Crippen LogP contribution in [0.2, 0.25) is 0 Å². The molecule has 1 aromatic carbocycles. The molecule has 1 aromatic rings. The fourth-order valence-electron chi connectivity index (χ4n) is 1.57. The van der Waals surface area contributed by atoms with Gasteiger partial charge in [-0.1, -0.05) is 30.9 Å². The van der Waals surface area contributed by atoms with Gasteiger partial charge in [-0.15, -0.1) is 0 Å². The predicted molar refractivity (Wildman–Crippen MR) is 71.8 cm³/mol. The van der Waals surface area contributed by atoms with Crippen LogP contribution in [0.25, 0.3) is 6.08 Å². The summed E-state index contributed by atoms with van der Waals surface area (Å²) in [5.74, 6) is -0.833. The number of carboxylic acid groups (broad SMARTS) is 1. The number of benzene rings is 1. The van der Waals surface area contributed by atoms with E-state index in [0.717, 1.165) is 12.5 Å². The molecule has 0 aliphatic carbocycles. The summed E-state index contributed by atoms with van der Waals surface area (Å²) < 4.78 is 0. The van der Waals surface area contributed by atoms with E-state index in [1.54, 1.807) is 0 Å². The smallest absolute Gasteiger partial charge is 0.300 e. The number of carbonyl (C=O) groups is 1. The van der Waals surface area contributed by atoms with Gasteiger partial charge in [-0.2, -0.15) is 0 Å². The van der Waals surface area contributed by atoms with Crippen LogP contribution in [0.4, 0.5) is 0 Å². The third-order valence-electron chi connectivity index (χ3n) is 2.29. The highest BCUT2D eigenvalue weighted by atomic mass is 16.4. The summed E-state index contributed by atoms with van der Waals surface area (Å²) >= 11 is 0. The van der Waals surface area contributed by atoms with Crippen molar-refractivity contribution in [3.8, 4) is 0 Å². The molecule has 0 atom stereocenters. The van der Waals surface area contributed by atoms with E-state index in [0.29, 0.717) is 0 Å². The Kier molecular flexibility index (Phi) is 5.62. The molecular weight excluding hydrogens is 214 g/mol. The first kappa shape index (κ1) is 15.4. The number of carboxylic acids is 1. The Morgan fingerprint density at radius 3 is 2.29 bits per heavy atom. The fraction of sp³-hybridized carbons (Fsp3) is 0.357. The Balaban J connectivity index is 0.000000557. The normalized spacial score (nSPS) is 10.2. The van der Waals surface area contributed by atoms with Gasteiger partial charge in [0.25, 0.3) is 5.97 Å². The minimum atomic E-state index is -0.833. The maximum atomic E-state index is 9.00. The van der Waals surface area contributed by atoms with Crippen molar-refractivity contribution in [2.45, 2.75) is 33.2 Å². The van der Waals surface area contributed by atoms with Crippen molar-refractivity contribution in [1.29, 1.82) is 0 Å². The van der Waals surface area contributed by atoms with Gasteiger partial charge in [0.1, 0.15) is 0 Å². The van der Waals surface area contributed by atoms with Gasteiger partial charge in [0.15, 0.2) is 0 Å². The van der Waals surface area contributed by atoms with E-state index in [1.807, 2.05) is 26.0 Å². The van der Waals surface area contributed by atoms with Gasteiger partial charge in [0.2, 0.25) is 0 Å². The van der Waals surface area contributed by atoms with Crippen LogP contribution in [-0.4, -0.2) is 11.1 Å². The molecule has 0 aromatic heterocycles. The van der Waals surface area contributed by atoms with Crippen LogP contribution >= 0.6 is 0 Å². The minimum Gasteiger partial charge on any atom is -0.481 e. The van der Waals surface area contributed by atoms with Crippen LogP contribution in [0.15, 0.2) is 24.8 Å². The molecule has 94 valence electrons. The summed E-state index contributed by atoms with van der Waals surface area (Å²) in [5.41, 5.74) is 9.35. The molecule has 0 spiro atoms. The molecule has 17 heavy (non-hydrogen) atoms. The summed E-state index contributed by atoms with van der Waals surface area (Å²) in [5, 5.41) is 7.42. The molecule has 0 aliphatic rings. The van der Waals surface area contributed by atoms with Crippen LogP contribution in [-0.2, 0) is 10.3 Å². The second-order valence-electron chi connectivity index (χ2n) is 4.46. The van der Waals surface area contributed by atoms with Gasteiger partial charge in [-0.05, 0) is 37.5 Å². The zero-order valence-corrected chi connectivity index (χ0v) is 10.9. The molecule has 0 heterocycles. The molecule has 0 saturated heterocycles. The molecule has 1 rings (SSSR count). The first-order valence-electron chi connectivity index (χ1n) is 5.41. The Morgan fingerprint density at radius 2 is 1.94 bits per heavy atom. The van der Waals surface area contributed by atoms with E-state index in [-0.39, 0.29) is 5.54 Å². The second kappa shape index (κ2) is 6.21. The zero-order valence-electron chi connectivity index (χ0n) is 10.9. The average molecular weight is 235 g/mol. The molecule has 0 fully saturated rings. The molecule has 3 N–H and O–H groups in total. The van der Waals surface area contributed by atoms with E-state index in [4.69, 9.17) is 15.6 Å². The zero-order chi connectivity index (χ0) is 13.6. The summed E-state index contributed by atoms with van der Waals surface area (Å²) in [6.07, 6.45) is 1.87. The van der Waals surface area contributed by atoms with Crippen molar-refractivity contribution in [2.24, 2.45) is 5.73 Å². The largest absolute Gasteiger partial charge is 0.481 e. The molecule has 0 radical (unpaired) electrons. The molecule has 0 bridgehead atoms. The van der Waals surface area contributed by atoms with Crippen LogP contribution < -0.4 is 5.73 Å². The number of aliphatic carboxylic acids is 1. The number of hydrogen-bond acceptors (Lipinski definition) is 2. The molecule has 3 nitrogen and oxygen atoms in total. The first-order chi connectivity index (χ1) is 7.70. The van der Waals surface area contributed by atoms with Crippen molar-refractivity contribution in [3.63, 3.8) is 0 Å². The molecule has 0 unspecified atom stereocenters. The van der Waals surface area contributed by atoms with E-state index in [2.05, 4.69) is 25.6 Å². The maximum absolute atomic E-state index is 9.00. The standard InChI is InChI=1S/C12H17N.C2H4O2/c1-5-10-7-6-8-11(9(10)2)12(3,4)13;1-2(3)4/h5-8H,1,13H2,2-4H3;1H3,(H,3,4). The number of hydrogen-bond donors (Lipinski definition) is 2. The topological polar surface area (TPSA) is 63.3 Å². The Morgan fingerprint density at radius 1 is 1.47 bits per heavy atom. The lowest BCUT2D eigenvalue weighted by Gasteiger charge is -2.22. The van der Waals surface area contributed by atoms with E-state index >= 15 is 0 Å². The predicted octanol–water partition coefficient (Wildman–Crippen LogP) is 2.92. The summed E-state index contributed by atoms with van der Waals surface area (Å²) in [6.45, 7) is 11.0. The monoisotopic (exact) mass is 235 g/mol. The van der Waals surface area contributed by atoms with Crippen molar-refractivity contribution < 1.29 is 9.90 Å². The van der Waals surface area contributed by atoms with Crippen LogP contribution in [0.1, 0.15) is 37.5 Å². The third kappa shape index (κ3) is 5.31. The van der Waals surface area contributed by atoms with Crippen molar-refractivity contribution in [1.82, 2.24) is 0 Å². The molecule has 3 heteroatoms. The molecule has 0 aliphatic heterocycles. The van der Waals surface area contributed by atoms with Crippen LogP contribution in [0.5, 0.6) is 0 Å². The van der Waals surface area contributed by atoms with Crippen molar-refractivity contribution in [3.05, 3.63) is 41.5 Å². The van der Waals surface area contributed by atoms with Gasteiger partial charge >= 0.3 is 0 Å². The van der Waals surface area contributed by atoms with Crippen molar-refractivity contribution in [2.75, 3.05) is 0 Å². The highest BCUT2D eigenvalue weighted by molar-refractivity contribution is 5.63. The Bertz CT molecular complexity index is 399. The molecular formula is C14H21NO2. The van der Waals surface area contributed by atoms with Crippen LogP contribution in [0.3, 0.4) is 0 Å². The number of nitrogens with two attached hydrogens (primary N) is 1. The van der Waals surface area contributed by atoms with E-state index < -0.39 is 5.97 Å². The minimum absolute atomic E-state index is 0.275. The SMILES string of the molecule is C=Cc1cccc(C(C)(C)N)c1C.CC(=O)O. The maximum Gasteiger partial charge on any atom is 0.300 e. The summed E-state index contributed by atoms with van der Waals surface area (Å²) in [7, 11) is 0. The Hall–Kier alpha value is -1.61. The highest BCUT2D eigenvalue weighted by Crippen LogP contribution is 2.23. The fourth-order valence-corrected chi connectivity index (χ4v) is 1.57. The summed E-state index contributed by atoms with van der Waals surface area (Å²) in [4.78, 5) is 9.00. The lowest BCUT2D eigenvalue weighted by molar-refractivity contribution is -0.134. The third-order valence-corrected chi connectivity index (χ3v) is 2.29. The van der Waals surface area contributed by atoms with Gasteiger partial charge in [-0.25, -0.2) is 0 Å². The lowest BCUT2D eigenvalue weighted by atomic mass is 9.89. The average Bonchev–Trinajstić information content (AvgIpc) is 2.15. The Labute approximate surface area is 103 Å². The van der Waals surface area contributed by atoms with Gasteiger partial charge in [0.05, 0.1) is 0 Å². The van der Waals surface area contributed by atoms with Gasteiger partial charge in [-0.3, -0.25) is 4.79 Å². The first-order valence-corrected chi connectivity index (χ1v) is 5.41. The van der Waals surface area contributed by atoms with Crippen molar-refractivity contribution >= 4 is 12.0 Å². The van der Waals surface area contributed by atoms with Gasteiger partial charge < -0.3 is 10.8 Å². The van der Waals surface area contributed by atoms with E-state index in [1.165, 1.54) is 11.1 Å².